The first-order valence-corrected chi connectivity index (χ1v) is 6.95. The monoisotopic (exact) mass is 259 g/mol. The van der Waals surface area contributed by atoms with Crippen LogP contribution in [-0.4, -0.2) is 25.7 Å². The van der Waals surface area contributed by atoms with E-state index in [4.69, 9.17) is 0 Å². The second-order valence-electron chi connectivity index (χ2n) is 5.33. The zero-order valence-corrected chi connectivity index (χ0v) is 12.5. The third-order valence-electron chi connectivity index (χ3n) is 3.46. The zero-order chi connectivity index (χ0) is 14.3. The molecule has 0 fully saturated rings. The number of nitrogens with one attached hydrogen (secondary N) is 1. The molecule has 0 amide bonds. The van der Waals surface area contributed by atoms with E-state index >= 15 is 0 Å². The quantitative estimate of drug-likeness (QED) is 0.818. The highest BCUT2D eigenvalue weighted by atomic mass is 15.1. The molecule has 3 nitrogen and oxygen atoms in total. The Balaban J connectivity index is 2.44. The summed E-state index contributed by atoms with van der Waals surface area (Å²) in [5.41, 5.74) is 2.11. The third kappa shape index (κ3) is 4.92. The molecule has 1 aromatic carbocycles. The Morgan fingerprint density at radius 2 is 1.95 bits per heavy atom. The third-order valence-corrected chi connectivity index (χ3v) is 3.46. The van der Waals surface area contributed by atoms with Crippen molar-refractivity contribution < 1.29 is 0 Å². The van der Waals surface area contributed by atoms with Crippen molar-refractivity contribution in [1.82, 2.24) is 5.32 Å². The smallest absolute Gasteiger partial charge is 0.103 e. The van der Waals surface area contributed by atoms with E-state index in [1.807, 2.05) is 13.8 Å². The predicted octanol–water partition coefficient (Wildman–Crippen LogP) is 3.10. The summed E-state index contributed by atoms with van der Waals surface area (Å²) in [4.78, 5) is 2.24. The van der Waals surface area contributed by atoms with Crippen LogP contribution >= 0.6 is 0 Å². The molecular weight excluding hydrogens is 234 g/mol. The van der Waals surface area contributed by atoms with Crippen LogP contribution in [0.4, 0.5) is 5.69 Å². The van der Waals surface area contributed by atoms with Crippen LogP contribution in [0.5, 0.6) is 0 Å². The molecule has 1 aromatic rings. The summed E-state index contributed by atoms with van der Waals surface area (Å²) < 4.78 is 0. The van der Waals surface area contributed by atoms with Gasteiger partial charge in [0.2, 0.25) is 0 Å². The SMILES string of the molecule is CCNC(C)(C#N)CCCN(C)c1ccc(C)cc1. The van der Waals surface area contributed by atoms with Gasteiger partial charge in [-0.25, -0.2) is 0 Å². The van der Waals surface area contributed by atoms with Gasteiger partial charge in [0.25, 0.3) is 0 Å². The molecule has 3 heteroatoms. The van der Waals surface area contributed by atoms with Gasteiger partial charge in [-0.1, -0.05) is 24.6 Å². The van der Waals surface area contributed by atoms with E-state index in [0.29, 0.717) is 0 Å². The van der Waals surface area contributed by atoms with Crippen LogP contribution in [-0.2, 0) is 0 Å². The summed E-state index contributed by atoms with van der Waals surface area (Å²) in [6.45, 7) is 7.90. The van der Waals surface area contributed by atoms with Gasteiger partial charge in [0, 0.05) is 19.3 Å². The van der Waals surface area contributed by atoms with Crippen molar-refractivity contribution in [3.8, 4) is 6.07 Å². The number of rotatable bonds is 7. The molecule has 0 aliphatic rings. The maximum atomic E-state index is 9.20. The minimum atomic E-state index is -0.400. The highest BCUT2D eigenvalue weighted by molar-refractivity contribution is 5.46. The van der Waals surface area contributed by atoms with Crippen LogP contribution in [0.3, 0.4) is 0 Å². The molecule has 0 saturated heterocycles. The van der Waals surface area contributed by atoms with Gasteiger partial charge < -0.3 is 4.90 Å². The molecule has 0 radical (unpaired) electrons. The standard InChI is InChI=1S/C16H25N3/c1-5-18-16(3,13-17)11-6-12-19(4)15-9-7-14(2)8-10-15/h7-10,18H,5-6,11-12H2,1-4H3. The topological polar surface area (TPSA) is 39.1 Å². The molecule has 0 heterocycles. The van der Waals surface area contributed by atoms with Crippen LogP contribution in [0.25, 0.3) is 0 Å². The first kappa shape index (κ1) is 15.5. The fraction of sp³-hybridized carbons (Fsp3) is 0.562. The molecular formula is C16H25N3. The molecule has 0 aliphatic carbocycles. The Morgan fingerprint density at radius 3 is 2.47 bits per heavy atom. The largest absolute Gasteiger partial charge is 0.375 e. The highest BCUT2D eigenvalue weighted by Crippen LogP contribution is 2.16. The second-order valence-corrected chi connectivity index (χ2v) is 5.33. The van der Waals surface area contributed by atoms with E-state index in [1.165, 1.54) is 11.3 Å². The molecule has 0 aliphatic heterocycles. The van der Waals surface area contributed by atoms with Crippen LogP contribution in [0.15, 0.2) is 24.3 Å². The van der Waals surface area contributed by atoms with E-state index in [1.54, 1.807) is 0 Å². The Kier molecular flexibility index (Phi) is 5.85. The first-order chi connectivity index (χ1) is 9.00. The summed E-state index contributed by atoms with van der Waals surface area (Å²) in [5.74, 6) is 0. The number of hydrogen-bond acceptors (Lipinski definition) is 3. The number of nitrogens with zero attached hydrogens (tertiary/aromatic N) is 2. The van der Waals surface area contributed by atoms with Crippen molar-refractivity contribution in [3.05, 3.63) is 29.8 Å². The van der Waals surface area contributed by atoms with E-state index in [2.05, 4.69) is 54.5 Å². The maximum Gasteiger partial charge on any atom is 0.103 e. The molecule has 1 atom stereocenters. The van der Waals surface area contributed by atoms with Crippen molar-refractivity contribution >= 4 is 5.69 Å². The van der Waals surface area contributed by atoms with Crippen molar-refractivity contribution in [1.29, 1.82) is 5.26 Å². The Bertz CT molecular complexity index is 419. The van der Waals surface area contributed by atoms with Gasteiger partial charge in [0.1, 0.15) is 5.54 Å². The van der Waals surface area contributed by atoms with E-state index in [0.717, 1.165) is 25.9 Å². The molecule has 1 unspecified atom stereocenters. The van der Waals surface area contributed by atoms with Crippen LogP contribution in [0.2, 0.25) is 0 Å². The normalized spacial score (nSPS) is 13.6. The minimum Gasteiger partial charge on any atom is -0.375 e. The predicted molar refractivity (Wildman–Crippen MR) is 81.4 cm³/mol. The molecule has 0 spiro atoms. The molecule has 104 valence electrons. The van der Waals surface area contributed by atoms with E-state index in [9.17, 15) is 5.26 Å². The lowest BCUT2D eigenvalue weighted by molar-refractivity contribution is 0.418. The van der Waals surface area contributed by atoms with E-state index < -0.39 is 5.54 Å². The Hall–Kier alpha value is -1.53. The van der Waals surface area contributed by atoms with Crippen molar-refractivity contribution in [2.45, 2.75) is 39.2 Å². The molecule has 1 rings (SSSR count). The average molecular weight is 259 g/mol. The molecule has 0 bridgehead atoms. The Morgan fingerprint density at radius 1 is 1.32 bits per heavy atom. The summed E-state index contributed by atoms with van der Waals surface area (Å²) in [7, 11) is 2.10. The van der Waals surface area contributed by atoms with Crippen molar-refractivity contribution in [3.63, 3.8) is 0 Å². The zero-order valence-electron chi connectivity index (χ0n) is 12.5. The second kappa shape index (κ2) is 7.16. The molecule has 0 saturated carbocycles. The lowest BCUT2D eigenvalue weighted by Gasteiger charge is -2.25. The van der Waals surface area contributed by atoms with E-state index in [-0.39, 0.29) is 0 Å². The van der Waals surface area contributed by atoms with Gasteiger partial charge in [0.15, 0.2) is 0 Å². The van der Waals surface area contributed by atoms with Gasteiger partial charge in [-0.15, -0.1) is 0 Å². The minimum absolute atomic E-state index is 0.400. The summed E-state index contributed by atoms with van der Waals surface area (Å²) in [6, 6.07) is 10.9. The molecule has 1 N–H and O–H groups in total. The number of nitriles is 1. The van der Waals surface area contributed by atoms with Gasteiger partial charge >= 0.3 is 0 Å². The van der Waals surface area contributed by atoms with Crippen molar-refractivity contribution in [2.75, 3.05) is 25.0 Å². The number of benzene rings is 1. The van der Waals surface area contributed by atoms with Crippen LogP contribution < -0.4 is 10.2 Å². The van der Waals surface area contributed by atoms with Gasteiger partial charge in [0.05, 0.1) is 6.07 Å². The van der Waals surface area contributed by atoms with Gasteiger partial charge in [-0.3, -0.25) is 5.32 Å². The summed E-state index contributed by atoms with van der Waals surface area (Å²) in [6.07, 6.45) is 1.87. The maximum absolute atomic E-state index is 9.20. The fourth-order valence-corrected chi connectivity index (χ4v) is 2.17. The summed E-state index contributed by atoms with van der Waals surface area (Å²) in [5, 5.41) is 12.5. The van der Waals surface area contributed by atoms with Gasteiger partial charge in [-0.2, -0.15) is 5.26 Å². The Labute approximate surface area is 117 Å². The number of hydrogen-bond donors (Lipinski definition) is 1. The fourth-order valence-electron chi connectivity index (χ4n) is 2.17. The summed E-state index contributed by atoms with van der Waals surface area (Å²) >= 11 is 0. The molecule has 0 aromatic heterocycles. The average Bonchev–Trinajstić information content (AvgIpc) is 2.39. The first-order valence-electron chi connectivity index (χ1n) is 6.95. The lowest BCUT2D eigenvalue weighted by atomic mass is 9.97. The highest BCUT2D eigenvalue weighted by Gasteiger charge is 2.21. The number of aryl methyl sites for hydroxylation is 1. The lowest BCUT2D eigenvalue weighted by Crippen LogP contribution is -2.41. The van der Waals surface area contributed by atoms with Gasteiger partial charge in [-0.05, 0) is 45.4 Å². The number of anilines is 1. The van der Waals surface area contributed by atoms with Crippen LogP contribution in [0, 0.1) is 18.3 Å². The van der Waals surface area contributed by atoms with Crippen LogP contribution in [0.1, 0.15) is 32.3 Å². The van der Waals surface area contributed by atoms with Crippen molar-refractivity contribution in [2.24, 2.45) is 0 Å². The molecule has 19 heavy (non-hydrogen) atoms.